The number of pyridine rings is 1. The van der Waals surface area contributed by atoms with Gasteiger partial charge in [0.1, 0.15) is 18.0 Å². The molecule has 146 valence electrons. The van der Waals surface area contributed by atoms with Crippen LogP contribution in [-0.4, -0.2) is 36.3 Å². The first-order valence-electron chi connectivity index (χ1n) is 8.29. The van der Waals surface area contributed by atoms with Crippen molar-refractivity contribution in [2.24, 2.45) is 0 Å². The molecule has 0 spiro atoms. The van der Waals surface area contributed by atoms with Crippen LogP contribution in [0.2, 0.25) is 10.0 Å². The van der Waals surface area contributed by atoms with Gasteiger partial charge in [0.15, 0.2) is 0 Å². The van der Waals surface area contributed by atoms with Crippen LogP contribution in [0.3, 0.4) is 0 Å². The van der Waals surface area contributed by atoms with Crippen LogP contribution in [-0.2, 0) is 14.3 Å². The molecule has 2 N–H and O–H groups in total. The molecule has 10 heteroatoms. The average Bonchev–Trinajstić information content (AvgIpc) is 2.64. The lowest BCUT2D eigenvalue weighted by Gasteiger charge is -2.35. The number of rotatable bonds is 5. The van der Waals surface area contributed by atoms with Gasteiger partial charge in [-0.15, -0.1) is 0 Å². The minimum atomic E-state index is -2.95. The van der Waals surface area contributed by atoms with Gasteiger partial charge in [-0.25, -0.2) is 0 Å². The summed E-state index contributed by atoms with van der Waals surface area (Å²) in [5.74, 6) is -0.299. The smallest absolute Gasteiger partial charge is 0.346 e. The van der Waals surface area contributed by atoms with Gasteiger partial charge in [-0.3, -0.25) is 9.78 Å². The number of halogens is 4. The summed E-state index contributed by atoms with van der Waals surface area (Å²) in [7, 11) is 0. The Morgan fingerprint density at radius 3 is 2.78 bits per heavy atom. The molecule has 6 nitrogen and oxygen atoms in total. The molecule has 1 aliphatic carbocycles. The summed E-state index contributed by atoms with van der Waals surface area (Å²) in [6.07, 6.45) is 3.81. The molecule has 1 amide bonds. The minimum Gasteiger partial charge on any atom is -0.488 e. The predicted molar refractivity (Wildman–Crippen MR) is 96.7 cm³/mol. The number of hydrogen-bond acceptors (Lipinski definition) is 5. The van der Waals surface area contributed by atoms with Crippen LogP contribution in [0, 0.1) is 0 Å². The van der Waals surface area contributed by atoms with Crippen LogP contribution >= 0.6 is 23.2 Å². The number of carbonyl (C=O) groups is 1. The summed E-state index contributed by atoms with van der Waals surface area (Å²) < 4.78 is 35.9. The van der Waals surface area contributed by atoms with E-state index in [9.17, 15) is 13.6 Å². The van der Waals surface area contributed by atoms with Gasteiger partial charge in [0, 0.05) is 18.8 Å². The van der Waals surface area contributed by atoms with Crippen molar-refractivity contribution >= 4 is 34.8 Å². The number of nitrogens with zero attached hydrogens (tertiary/aromatic N) is 1. The van der Waals surface area contributed by atoms with E-state index in [1.165, 1.54) is 18.5 Å². The molecule has 1 aromatic rings. The van der Waals surface area contributed by atoms with E-state index < -0.39 is 18.6 Å². The maximum atomic E-state index is 12.8. The van der Waals surface area contributed by atoms with E-state index in [-0.39, 0.29) is 39.6 Å². The molecule has 0 fully saturated rings. The first kappa shape index (κ1) is 19.9. The largest absolute Gasteiger partial charge is 0.488 e. The number of ether oxygens (including phenoxy) is 2. The summed E-state index contributed by atoms with van der Waals surface area (Å²) in [6, 6.07) is 0. The highest BCUT2D eigenvalue weighted by Gasteiger charge is 2.36. The zero-order chi connectivity index (χ0) is 19.6. The third kappa shape index (κ3) is 4.34. The lowest BCUT2D eigenvalue weighted by molar-refractivity contribution is -0.165. The topological polar surface area (TPSA) is 72.5 Å². The molecule has 3 rings (SSSR count). The monoisotopic (exact) mass is 419 g/mol. The van der Waals surface area contributed by atoms with Gasteiger partial charge in [0.05, 0.1) is 33.5 Å². The normalized spacial score (nSPS) is 21.9. The van der Waals surface area contributed by atoms with Crippen molar-refractivity contribution in [3.8, 4) is 0 Å². The van der Waals surface area contributed by atoms with Crippen molar-refractivity contribution in [3.05, 3.63) is 45.5 Å². The van der Waals surface area contributed by atoms with Crippen molar-refractivity contribution in [2.45, 2.75) is 38.6 Å². The first-order chi connectivity index (χ1) is 12.9. The number of anilines is 1. The van der Waals surface area contributed by atoms with Crippen LogP contribution in [0.25, 0.3) is 0 Å². The van der Waals surface area contributed by atoms with Gasteiger partial charge in [-0.05, 0) is 6.42 Å². The molecular weight excluding hydrogens is 403 g/mol. The lowest BCUT2D eigenvalue weighted by atomic mass is 9.96. The fourth-order valence-electron chi connectivity index (χ4n) is 2.87. The molecule has 0 saturated heterocycles. The number of carbonyl (C=O) groups excluding carboxylic acids is 1. The predicted octanol–water partition coefficient (Wildman–Crippen LogP) is 3.87. The van der Waals surface area contributed by atoms with Crippen molar-refractivity contribution in [1.82, 2.24) is 10.3 Å². The Morgan fingerprint density at radius 2 is 2.15 bits per heavy atom. The molecule has 1 aliphatic heterocycles. The average molecular weight is 420 g/mol. The van der Waals surface area contributed by atoms with Gasteiger partial charge in [0.2, 0.25) is 0 Å². The van der Waals surface area contributed by atoms with Gasteiger partial charge in [-0.1, -0.05) is 36.2 Å². The summed E-state index contributed by atoms with van der Waals surface area (Å²) in [6.45, 7) is -0.591. The maximum absolute atomic E-state index is 12.8. The Bertz CT molecular complexity index is 781. The van der Waals surface area contributed by atoms with E-state index >= 15 is 0 Å². The molecular formula is C17H17Cl2F2N3O3. The van der Waals surface area contributed by atoms with Crippen LogP contribution in [0.4, 0.5) is 14.5 Å². The standard InChI is InChI=1S/C17H17Cl2F2N3O3/c1-2-8-5-23-13-9(3-4-12(15(13)26-8)27-17(20)21)16(25)24-14-10(18)6-22-7-11(14)19/h3,6-8,12,17,23H,2,4-5H2,1H3,(H,22,24,25). The lowest BCUT2D eigenvalue weighted by Crippen LogP contribution is -2.42. The highest BCUT2D eigenvalue weighted by Crippen LogP contribution is 2.34. The van der Waals surface area contributed by atoms with Crippen LogP contribution in [0.5, 0.6) is 0 Å². The molecule has 1 aromatic heterocycles. The van der Waals surface area contributed by atoms with Crippen molar-refractivity contribution < 1.29 is 23.0 Å². The number of hydrogen-bond donors (Lipinski definition) is 2. The molecule has 2 heterocycles. The molecule has 0 radical (unpaired) electrons. The summed E-state index contributed by atoms with van der Waals surface area (Å²) in [4.78, 5) is 16.6. The Kier molecular flexibility index (Phi) is 6.18. The second-order valence-corrected chi connectivity index (χ2v) is 6.75. The van der Waals surface area contributed by atoms with Gasteiger partial charge in [0.25, 0.3) is 5.91 Å². The fourth-order valence-corrected chi connectivity index (χ4v) is 3.33. The van der Waals surface area contributed by atoms with E-state index in [2.05, 4.69) is 20.4 Å². The molecule has 0 bridgehead atoms. The summed E-state index contributed by atoms with van der Waals surface area (Å²) in [5.41, 5.74) is 0.795. The van der Waals surface area contributed by atoms with Crippen LogP contribution < -0.4 is 10.6 Å². The van der Waals surface area contributed by atoms with E-state index in [1.807, 2.05) is 6.92 Å². The highest BCUT2D eigenvalue weighted by molar-refractivity contribution is 6.39. The van der Waals surface area contributed by atoms with Crippen molar-refractivity contribution in [1.29, 1.82) is 0 Å². The molecule has 27 heavy (non-hydrogen) atoms. The minimum absolute atomic E-state index is 0.0713. The van der Waals surface area contributed by atoms with Crippen molar-refractivity contribution in [2.75, 3.05) is 11.9 Å². The third-order valence-corrected chi connectivity index (χ3v) is 4.78. The SMILES string of the molecule is CCC1CNC2=C(O1)C(OC(F)F)CC=C2C(=O)Nc1c(Cl)cncc1Cl. The number of amides is 1. The highest BCUT2D eigenvalue weighted by atomic mass is 35.5. The van der Waals surface area contributed by atoms with E-state index in [0.29, 0.717) is 18.7 Å². The number of alkyl halides is 2. The Balaban J connectivity index is 1.88. The van der Waals surface area contributed by atoms with Crippen molar-refractivity contribution in [3.63, 3.8) is 0 Å². The van der Waals surface area contributed by atoms with Crippen LogP contribution in [0.1, 0.15) is 19.8 Å². The fraction of sp³-hybridized carbons (Fsp3) is 0.412. The Morgan fingerprint density at radius 1 is 1.44 bits per heavy atom. The Hall–Kier alpha value is -1.90. The second kappa shape index (κ2) is 8.41. The van der Waals surface area contributed by atoms with Gasteiger partial charge < -0.3 is 20.1 Å². The van der Waals surface area contributed by atoms with E-state index in [0.717, 1.165) is 0 Å². The first-order valence-corrected chi connectivity index (χ1v) is 9.05. The zero-order valence-electron chi connectivity index (χ0n) is 14.3. The second-order valence-electron chi connectivity index (χ2n) is 5.94. The molecule has 2 aliphatic rings. The molecule has 2 unspecified atom stereocenters. The number of aromatic nitrogens is 1. The van der Waals surface area contributed by atoms with E-state index in [4.69, 9.17) is 27.9 Å². The van der Waals surface area contributed by atoms with Gasteiger partial charge in [-0.2, -0.15) is 8.78 Å². The molecule has 0 aromatic carbocycles. The van der Waals surface area contributed by atoms with Gasteiger partial charge >= 0.3 is 6.61 Å². The molecule has 0 saturated carbocycles. The number of nitrogens with one attached hydrogen (secondary N) is 2. The zero-order valence-corrected chi connectivity index (χ0v) is 15.8. The maximum Gasteiger partial charge on any atom is 0.346 e. The Labute approximate surface area is 164 Å². The van der Waals surface area contributed by atoms with E-state index in [1.54, 1.807) is 0 Å². The third-order valence-electron chi connectivity index (χ3n) is 4.20. The van der Waals surface area contributed by atoms with Crippen LogP contribution in [0.15, 0.2) is 35.5 Å². The summed E-state index contributed by atoms with van der Waals surface area (Å²) >= 11 is 12.1. The quantitative estimate of drug-likeness (QED) is 0.757. The molecule has 2 atom stereocenters. The summed E-state index contributed by atoms with van der Waals surface area (Å²) in [5, 5.41) is 6.09.